The van der Waals surface area contributed by atoms with E-state index in [0.29, 0.717) is 5.92 Å². The monoisotopic (exact) mass is 404 g/mol. The van der Waals surface area contributed by atoms with Crippen LogP contribution in [0.4, 0.5) is 0 Å². The summed E-state index contributed by atoms with van der Waals surface area (Å²) >= 11 is 3.53. The topological polar surface area (TPSA) is 37.3 Å². The van der Waals surface area contributed by atoms with Gasteiger partial charge in [-0.15, -0.1) is 0 Å². The van der Waals surface area contributed by atoms with Crippen LogP contribution >= 0.6 is 15.9 Å². The highest BCUT2D eigenvalue weighted by Crippen LogP contribution is 2.44. The van der Waals surface area contributed by atoms with Crippen molar-refractivity contribution in [3.8, 4) is 0 Å². The Hall–Kier alpha value is -1.09. The van der Waals surface area contributed by atoms with Crippen LogP contribution in [0.25, 0.3) is 0 Å². The molecule has 25 heavy (non-hydrogen) atoms. The molecule has 0 heterocycles. The van der Waals surface area contributed by atoms with E-state index in [1.54, 1.807) is 0 Å². The number of rotatable bonds is 5. The fraction of sp³-hybridized carbons (Fsp3) is 0.591. The quantitative estimate of drug-likeness (QED) is 0.563. The zero-order chi connectivity index (χ0) is 17.6. The van der Waals surface area contributed by atoms with Gasteiger partial charge in [0.05, 0.1) is 0 Å². The van der Waals surface area contributed by atoms with E-state index >= 15 is 0 Å². The molecule has 3 rings (SSSR count). The lowest BCUT2D eigenvalue weighted by atomic mass is 9.68. The molecule has 136 valence electrons. The Morgan fingerprint density at radius 1 is 0.960 bits per heavy atom. The predicted molar refractivity (Wildman–Crippen MR) is 106 cm³/mol. The first-order valence-electron chi connectivity index (χ1n) is 9.76. The molecule has 0 bridgehead atoms. The fourth-order valence-electron chi connectivity index (χ4n) is 4.92. The van der Waals surface area contributed by atoms with Crippen LogP contribution in [0.15, 0.2) is 40.9 Å². The van der Waals surface area contributed by atoms with Gasteiger partial charge in [0.25, 0.3) is 0 Å². The molecule has 0 aromatic heterocycles. The summed E-state index contributed by atoms with van der Waals surface area (Å²) in [5, 5.41) is 8.68. The van der Waals surface area contributed by atoms with Crippen molar-refractivity contribution in [1.29, 1.82) is 0 Å². The third kappa shape index (κ3) is 5.44. The van der Waals surface area contributed by atoms with Crippen LogP contribution in [0.2, 0.25) is 0 Å². The fourth-order valence-corrected chi connectivity index (χ4v) is 5.18. The number of benzene rings is 1. The average Bonchev–Trinajstić information content (AvgIpc) is 2.63. The molecule has 0 aliphatic heterocycles. The number of aliphatic carboxylic acids is 1. The first-order chi connectivity index (χ1) is 12.1. The summed E-state index contributed by atoms with van der Waals surface area (Å²) in [7, 11) is 0. The normalized spacial score (nSPS) is 30.4. The molecular weight excluding hydrogens is 376 g/mol. The second kappa shape index (κ2) is 9.02. The summed E-state index contributed by atoms with van der Waals surface area (Å²) < 4.78 is 1.17. The van der Waals surface area contributed by atoms with Crippen LogP contribution in [-0.4, -0.2) is 11.1 Å². The van der Waals surface area contributed by atoms with E-state index in [4.69, 9.17) is 5.11 Å². The van der Waals surface area contributed by atoms with E-state index in [1.165, 1.54) is 67.5 Å². The number of hydrogen-bond acceptors (Lipinski definition) is 1. The number of allylic oxidation sites excluding steroid dienone is 1. The average molecular weight is 405 g/mol. The third-order valence-corrected chi connectivity index (χ3v) is 6.93. The lowest BCUT2D eigenvalue weighted by Gasteiger charge is -2.38. The van der Waals surface area contributed by atoms with Crippen LogP contribution in [0.3, 0.4) is 0 Å². The molecule has 3 heteroatoms. The van der Waals surface area contributed by atoms with Crippen LogP contribution in [0, 0.1) is 17.8 Å². The van der Waals surface area contributed by atoms with Crippen molar-refractivity contribution < 1.29 is 9.90 Å². The van der Waals surface area contributed by atoms with E-state index in [-0.39, 0.29) is 0 Å². The second-order valence-electron chi connectivity index (χ2n) is 7.92. The molecule has 0 spiro atoms. The molecule has 0 atom stereocenters. The van der Waals surface area contributed by atoms with E-state index < -0.39 is 5.97 Å². The van der Waals surface area contributed by atoms with E-state index in [0.717, 1.165) is 24.2 Å². The van der Waals surface area contributed by atoms with Crippen molar-refractivity contribution in [2.75, 3.05) is 0 Å². The van der Waals surface area contributed by atoms with Gasteiger partial charge in [-0.3, -0.25) is 0 Å². The van der Waals surface area contributed by atoms with Gasteiger partial charge in [-0.05, 0) is 99.2 Å². The molecule has 1 aromatic rings. The highest BCUT2D eigenvalue weighted by molar-refractivity contribution is 9.10. The standard InChI is InChI=1S/C22H29BrO2/c23-21-14-12-20(13-15-21)19-10-8-18(9-11-19)17-6-4-16(5-7-17)2-1-3-22(24)25/h1,3,12-19H,2,4-11H2,(H,24,25)/b3-1+. The van der Waals surface area contributed by atoms with Crippen LogP contribution in [-0.2, 0) is 4.79 Å². The minimum absolute atomic E-state index is 0.700. The molecule has 0 amide bonds. The van der Waals surface area contributed by atoms with Crippen LogP contribution in [0.1, 0.15) is 69.3 Å². The second-order valence-corrected chi connectivity index (χ2v) is 8.84. The Morgan fingerprint density at radius 2 is 1.52 bits per heavy atom. The Balaban J connectivity index is 1.42. The third-order valence-electron chi connectivity index (χ3n) is 6.40. The Kier molecular flexibility index (Phi) is 6.75. The minimum atomic E-state index is -0.823. The lowest BCUT2D eigenvalue weighted by Crippen LogP contribution is -2.25. The number of carboxylic acid groups (broad SMARTS) is 1. The zero-order valence-electron chi connectivity index (χ0n) is 14.9. The molecule has 2 saturated carbocycles. The van der Waals surface area contributed by atoms with Gasteiger partial charge in [0.2, 0.25) is 0 Å². The molecule has 2 fully saturated rings. The van der Waals surface area contributed by atoms with Gasteiger partial charge in [0.15, 0.2) is 0 Å². The van der Waals surface area contributed by atoms with E-state index in [1.807, 2.05) is 6.08 Å². The molecule has 1 N–H and O–H groups in total. The van der Waals surface area contributed by atoms with Crippen molar-refractivity contribution in [1.82, 2.24) is 0 Å². The number of hydrogen-bond donors (Lipinski definition) is 1. The minimum Gasteiger partial charge on any atom is -0.478 e. The summed E-state index contributed by atoms with van der Waals surface area (Å²) in [6.07, 6.45) is 14.8. The highest BCUT2D eigenvalue weighted by atomic mass is 79.9. The van der Waals surface area contributed by atoms with Gasteiger partial charge in [-0.1, -0.05) is 34.1 Å². The zero-order valence-corrected chi connectivity index (χ0v) is 16.5. The number of halogens is 1. The van der Waals surface area contributed by atoms with Crippen molar-refractivity contribution in [3.63, 3.8) is 0 Å². The van der Waals surface area contributed by atoms with Gasteiger partial charge in [-0.2, -0.15) is 0 Å². The number of carbonyl (C=O) groups is 1. The molecule has 0 radical (unpaired) electrons. The summed E-state index contributed by atoms with van der Waals surface area (Å²) in [6.45, 7) is 0. The SMILES string of the molecule is O=C(O)/C=C/CC1CCC(C2CCC(c3ccc(Br)cc3)CC2)CC1. The van der Waals surface area contributed by atoms with Crippen molar-refractivity contribution in [2.45, 2.75) is 63.7 Å². The maximum absolute atomic E-state index is 10.6. The maximum Gasteiger partial charge on any atom is 0.327 e. The van der Waals surface area contributed by atoms with Crippen LogP contribution < -0.4 is 0 Å². The molecule has 2 aliphatic carbocycles. The maximum atomic E-state index is 10.6. The molecule has 2 nitrogen and oxygen atoms in total. The Morgan fingerprint density at radius 3 is 2.08 bits per heavy atom. The molecular formula is C22H29BrO2. The van der Waals surface area contributed by atoms with E-state index in [9.17, 15) is 4.79 Å². The van der Waals surface area contributed by atoms with Gasteiger partial charge < -0.3 is 5.11 Å². The summed E-state index contributed by atoms with van der Waals surface area (Å²) in [5.41, 5.74) is 1.51. The predicted octanol–water partition coefficient (Wildman–Crippen LogP) is 6.56. The smallest absolute Gasteiger partial charge is 0.327 e. The van der Waals surface area contributed by atoms with Gasteiger partial charge in [0, 0.05) is 10.5 Å². The first kappa shape index (κ1) is 18.7. The largest absolute Gasteiger partial charge is 0.478 e. The summed E-state index contributed by atoms with van der Waals surface area (Å²) in [5.74, 6) is 2.46. The van der Waals surface area contributed by atoms with Crippen molar-refractivity contribution in [2.24, 2.45) is 17.8 Å². The van der Waals surface area contributed by atoms with Crippen molar-refractivity contribution >= 4 is 21.9 Å². The van der Waals surface area contributed by atoms with E-state index in [2.05, 4.69) is 40.2 Å². The summed E-state index contributed by atoms with van der Waals surface area (Å²) in [4.78, 5) is 10.6. The van der Waals surface area contributed by atoms with Gasteiger partial charge in [0.1, 0.15) is 0 Å². The molecule has 0 saturated heterocycles. The molecule has 0 unspecified atom stereocenters. The van der Waals surface area contributed by atoms with Gasteiger partial charge in [-0.25, -0.2) is 4.79 Å². The highest BCUT2D eigenvalue weighted by Gasteiger charge is 2.30. The molecule has 1 aromatic carbocycles. The lowest BCUT2D eigenvalue weighted by molar-refractivity contribution is -0.131. The van der Waals surface area contributed by atoms with Crippen LogP contribution in [0.5, 0.6) is 0 Å². The number of carboxylic acids is 1. The molecule has 2 aliphatic rings. The summed E-state index contributed by atoms with van der Waals surface area (Å²) in [6, 6.07) is 8.90. The van der Waals surface area contributed by atoms with Crippen molar-refractivity contribution in [3.05, 3.63) is 46.5 Å². The first-order valence-corrected chi connectivity index (χ1v) is 10.6. The Bertz CT molecular complexity index is 577. The van der Waals surface area contributed by atoms with Gasteiger partial charge >= 0.3 is 5.97 Å². The Labute approximate surface area is 159 Å².